The summed E-state index contributed by atoms with van der Waals surface area (Å²) < 4.78 is 13.0. The van der Waals surface area contributed by atoms with E-state index in [-0.39, 0.29) is 30.2 Å². The van der Waals surface area contributed by atoms with Crippen LogP contribution in [0, 0.1) is 15.9 Å². The van der Waals surface area contributed by atoms with Crippen LogP contribution in [0.2, 0.25) is 0 Å². The lowest BCUT2D eigenvalue weighted by atomic mass is 10.2. The number of nitro groups is 1. The Morgan fingerprint density at radius 1 is 1.17 bits per heavy atom. The molecule has 2 N–H and O–H groups in total. The molecule has 0 atom stereocenters. The van der Waals surface area contributed by atoms with Crippen molar-refractivity contribution in [1.82, 2.24) is 5.32 Å². The number of anilines is 1. The van der Waals surface area contributed by atoms with Crippen LogP contribution < -0.4 is 10.6 Å². The van der Waals surface area contributed by atoms with Crippen molar-refractivity contribution < 1.29 is 14.1 Å². The summed E-state index contributed by atoms with van der Waals surface area (Å²) in [5.41, 5.74) is 0.824. The molecule has 120 valence electrons. The van der Waals surface area contributed by atoms with Gasteiger partial charge in [-0.2, -0.15) is 0 Å². The van der Waals surface area contributed by atoms with Crippen molar-refractivity contribution in [2.24, 2.45) is 0 Å². The Labute approximate surface area is 132 Å². The van der Waals surface area contributed by atoms with Crippen LogP contribution in [0.3, 0.4) is 0 Å². The van der Waals surface area contributed by atoms with Crippen molar-refractivity contribution in [3.63, 3.8) is 0 Å². The molecule has 0 heterocycles. The van der Waals surface area contributed by atoms with Crippen molar-refractivity contribution in [2.45, 2.75) is 13.0 Å². The maximum absolute atomic E-state index is 13.0. The van der Waals surface area contributed by atoms with Gasteiger partial charge < -0.3 is 10.6 Å². The topological polar surface area (TPSA) is 84.3 Å². The van der Waals surface area contributed by atoms with Gasteiger partial charge in [-0.15, -0.1) is 0 Å². The number of halogens is 1. The SMILES string of the molecule is O=C(CCNc1ccc(F)cc1[N+](=O)[O-])NCc1ccccc1. The summed E-state index contributed by atoms with van der Waals surface area (Å²) in [4.78, 5) is 21.9. The largest absolute Gasteiger partial charge is 0.379 e. The number of amides is 1. The molecule has 0 unspecified atom stereocenters. The summed E-state index contributed by atoms with van der Waals surface area (Å²) in [7, 11) is 0. The quantitative estimate of drug-likeness (QED) is 0.607. The van der Waals surface area contributed by atoms with Crippen LogP contribution in [0.1, 0.15) is 12.0 Å². The molecule has 7 heteroatoms. The Morgan fingerprint density at radius 3 is 2.61 bits per heavy atom. The molecule has 0 fully saturated rings. The van der Waals surface area contributed by atoms with E-state index in [1.807, 2.05) is 30.3 Å². The van der Waals surface area contributed by atoms with Gasteiger partial charge in [0, 0.05) is 19.5 Å². The molecule has 0 spiro atoms. The van der Waals surface area contributed by atoms with E-state index in [9.17, 15) is 19.3 Å². The first-order valence-electron chi connectivity index (χ1n) is 7.04. The third-order valence-corrected chi connectivity index (χ3v) is 3.16. The van der Waals surface area contributed by atoms with Gasteiger partial charge in [-0.25, -0.2) is 4.39 Å². The van der Waals surface area contributed by atoms with Crippen LogP contribution in [-0.2, 0) is 11.3 Å². The maximum Gasteiger partial charge on any atom is 0.295 e. The minimum absolute atomic E-state index is 0.154. The molecule has 0 aliphatic heterocycles. The fourth-order valence-electron chi connectivity index (χ4n) is 2.00. The molecule has 2 aromatic carbocycles. The molecule has 2 aromatic rings. The maximum atomic E-state index is 13.0. The molecule has 0 bridgehead atoms. The van der Waals surface area contributed by atoms with Crippen molar-refractivity contribution in [1.29, 1.82) is 0 Å². The highest BCUT2D eigenvalue weighted by Crippen LogP contribution is 2.24. The van der Waals surface area contributed by atoms with Crippen LogP contribution in [0.4, 0.5) is 15.8 Å². The molecule has 0 aliphatic rings. The van der Waals surface area contributed by atoms with Crippen LogP contribution >= 0.6 is 0 Å². The zero-order valence-electron chi connectivity index (χ0n) is 12.3. The minimum atomic E-state index is -0.678. The van der Waals surface area contributed by atoms with Gasteiger partial charge in [-0.1, -0.05) is 30.3 Å². The third kappa shape index (κ3) is 5.06. The Kier molecular flexibility index (Phi) is 5.62. The molecule has 2 rings (SSSR count). The first kappa shape index (κ1) is 16.4. The standard InChI is InChI=1S/C16H16FN3O3/c17-13-6-7-14(15(10-13)20(22)23)18-9-8-16(21)19-11-12-4-2-1-3-5-12/h1-7,10,18H,8-9,11H2,(H,19,21). The van der Waals surface area contributed by atoms with Gasteiger partial charge in [0.25, 0.3) is 5.69 Å². The van der Waals surface area contributed by atoms with Gasteiger partial charge in [0.15, 0.2) is 0 Å². The Balaban J connectivity index is 1.81. The Hall–Kier alpha value is -2.96. The number of hydrogen-bond donors (Lipinski definition) is 2. The van der Waals surface area contributed by atoms with Gasteiger partial charge in [-0.05, 0) is 17.7 Å². The number of rotatable bonds is 7. The van der Waals surface area contributed by atoms with E-state index in [1.54, 1.807) is 0 Å². The minimum Gasteiger partial charge on any atom is -0.379 e. The number of nitrogens with one attached hydrogen (secondary N) is 2. The number of nitro benzene ring substituents is 1. The molecule has 0 aliphatic carbocycles. The fourth-order valence-corrected chi connectivity index (χ4v) is 2.00. The van der Waals surface area contributed by atoms with E-state index in [4.69, 9.17) is 0 Å². The second kappa shape index (κ2) is 7.88. The number of carbonyl (C=O) groups excluding carboxylic acids is 1. The summed E-state index contributed by atoms with van der Waals surface area (Å²) in [5.74, 6) is -0.853. The predicted octanol–water partition coefficient (Wildman–Crippen LogP) is 2.85. The first-order valence-corrected chi connectivity index (χ1v) is 7.04. The van der Waals surface area contributed by atoms with E-state index >= 15 is 0 Å². The molecule has 0 saturated heterocycles. The van der Waals surface area contributed by atoms with Crippen LogP contribution in [0.25, 0.3) is 0 Å². The van der Waals surface area contributed by atoms with Crippen LogP contribution in [-0.4, -0.2) is 17.4 Å². The zero-order chi connectivity index (χ0) is 16.7. The second-order valence-corrected chi connectivity index (χ2v) is 4.86. The summed E-state index contributed by atoms with van der Waals surface area (Å²) in [6, 6.07) is 12.7. The highest BCUT2D eigenvalue weighted by molar-refractivity contribution is 5.76. The Bertz CT molecular complexity index is 692. The average molecular weight is 317 g/mol. The fraction of sp³-hybridized carbons (Fsp3) is 0.188. The van der Waals surface area contributed by atoms with Gasteiger partial charge >= 0.3 is 0 Å². The van der Waals surface area contributed by atoms with E-state index in [0.717, 1.165) is 17.7 Å². The molecule has 6 nitrogen and oxygen atoms in total. The summed E-state index contributed by atoms with van der Waals surface area (Å²) >= 11 is 0. The normalized spacial score (nSPS) is 10.1. The van der Waals surface area contributed by atoms with Gasteiger partial charge in [0.05, 0.1) is 11.0 Å². The molecule has 0 radical (unpaired) electrons. The summed E-state index contributed by atoms with van der Waals surface area (Å²) in [6.07, 6.45) is 0.154. The number of benzene rings is 2. The van der Waals surface area contributed by atoms with Crippen molar-refractivity contribution in [3.8, 4) is 0 Å². The van der Waals surface area contributed by atoms with Crippen molar-refractivity contribution in [3.05, 3.63) is 70.0 Å². The van der Waals surface area contributed by atoms with E-state index in [0.29, 0.717) is 6.54 Å². The highest BCUT2D eigenvalue weighted by atomic mass is 19.1. The molecular formula is C16H16FN3O3. The summed E-state index contributed by atoms with van der Waals surface area (Å²) in [5, 5.41) is 16.4. The molecule has 23 heavy (non-hydrogen) atoms. The van der Waals surface area contributed by atoms with Crippen LogP contribution in [0.5, 0.6) is 0 Å². The lowest BCUT2D eigenvalue weighted by molar-refractivity contribution is -0.384. The lowest BCUT2D eigenvalue weighted by Gasteiger charge is -2.08. The molecule has 0 saturated carbocycles. The monoisotopic (exact) mass is 317 g/mol. The van der Waals surface area contributed by atoms with Gasteiger partial charge in [0.1, 0.15) is 11.5 Å². The predicted molar refractivity (Wildman–Crippen MR) is 84.4 cm³/mol. The zero-order valence-corrected chi connectivity index (χ0v) is 12.3. The van der Waals surface area contributed by atoms with Gasteiger partial charge in [-0.3, -0.25) is 14.9 Å². The van der Waals surface area contributed by atoms with E-state index in [1.165, 1.54) is 6.07 Å². The number of hydrogen-bond acceptors (Lipinski definition) is 4. The molecular weight excluding hydrogens is 301 g/mol. The molecule has 0 aromatic heterocycles. The van der Waals surface area contributed by atoms with E-state index < -0.39 is 10.7 Å². The van der Waals surface area contributed by atoms with Gasteiger partial charge in [0.2, 0.25) is 5.91 Å². The van der Waals surface area contributed by atoms with Crippen molar-refractivity contribution in [2.75, 3.05) is 11.9 Å². The van der Waals surface area contributed by atoms with Crippen molar-refractivity contribution >= 4 is 17.3 Å². The average Bonchev–Trinajstić information content (AvgIpc) is 2.55. The van der Waals surface area contributed by atoms with E-state index in [2.05, 4.69) is 10.6 Å². The Morgan fingerprint density at radius 2 is 1.91 bits per heavy atom. The van der Waals surface area contributed by atoms with Crippen LogP contribution in [0.15, 0.2) is 48.5 Å². The summed E-state index contributed by atoms with van der Waals surface area (Å²) in [6.45, 7) is 0.642. The smallest absolute Gasteiger partial charge is 0.295 e. The number of nitrogens with zero attached hydrogens (tertiary/aromatic N) is 1. The molecule has 1 amide bonds. The highest BCUT2D eigenvalue weighted by Gasteiger charge is 2.14. The second-order valence-electron chi connectivity index (χ2n) is 4.86. The first-order chi connectivity index (χ1) is 11.1. The third-order valence-electron chi connectivity index (χ3n) is 3.16. The number of carbonyl (C=O) groups is 1. The lowest BCUT2D eigenvalue weighted by Crippen LogP contribution is -2.24.